The lowest BCUT2D eigenvalue weighted by atomic mass is 10.1. The van der Waals surface area contributed by atoms with Crippen molar-refractivity contribution >= 4 is 5.91 Å². The molecule has 0 aromatic carbocycles. The molecule has 0 saturated carbocycles. The van der Waals surface area contributed by atoms with Crippen molar-refractivity contribution in [2.24, 2.45) is 0 Å². The molecule has 24 heavy (non-hydrogen) atoms. The highest BCUT2D eigenvalue weighted by Crippen LogP contribution is 2.24. The summed E-state index contributed by atoms with van der Waals surface area (Å²) in [6, 6.07) is 1.92. The lowest BCUT2D eigenvalue weighted by molar-refractivity contribution is -0.121. The molecule has 1 aliphatic heterocycles. The van der Waals surface area contributed by atoms with Crippen LogP contribution in [0.3, 0.4) is 0 Å². The van der Waals surface area contributed by atoms with Gasteiger partial charge in [-0.05, 0) is 32.3 Å². The average Bonchev–Trinajstić information content (AvgIpc) is 3.05. The third-order valence-corrected chi connectivity index (χ3v) is 4.02. The van der Waals surface area contributed by atoms with Gasteiger partial charge >= 0.3 is 0 Å². The smallest absolute Gasteiger partial charge is 0.222 e. The Morgan fingerprint density at radius 1 is 1.38 bits per heavy atom. The monoisotopic (exact) mass is 329 g/mol. The van der Waals surface area contributed by atoms with Gasteiger partial charge in [-0.2, -0.15) is 5.10 Å². The van der Waals surface area contributed by atoms with Gasteiger partial charge in [-0.1, -0.05) is 0 Å². The molecule has 1 atom stereocenters. The molecule has 0 bridgehead atoms. The first-order chi connectivity index (χ1) is 11.7. The highest BCUT2D eigenvalue weighted by Gasteiger charge is 2.18. The van der Waals surface area contributed by atoms with Gasteiger partial charge in [-0.3, -0.25) is 9.48 Å². The average molecular weight is 329 g/mol. The lowest BCUT2D eigenvalue weighted by Crippen LogP contribution is -2.24. The number of ether oxygens (including phenoxy) is 1. The molecule has 0 radical (unpaired) electrons. The topological polar surface area (TPSA) is 81.9 Å². The van der Waals surface area contributed by atoms with Crippen molar-refractivity contribution in [2.75, 3.05) is 6.61 Å². The number of aromatic nitrogens is 4. The highest BCUT2D eigenvalue weighted by atomic mass is 16.5. The number of amides is 1. The van der Waals surface area contributed by atoms with Crippen molar-refractivity contribution in [3.05, 3.63) is 41.7 Å². The van der Waals surface area contributed by atoms with Crippen molar-refractivity contribution in [1.82, 2.24) is 25.1 Å². The maximum Gasteiger partial charge on any atom is 0.222 e. The number of hydrogen-bond acceptors (Lipinski definition) is 5. The molecule has 1 amide bonds. The van der Waals surface area contributed by atoms with Gasteiger partial charge < -0.3 is 10.1 Å². The summed E-state index contributed by atoms with van der Waals surface area (Å²) in [5.74, 6) is 0.724. The Labute approximate surface area is 141 Å². The minimum Gasteiger partial charge on any atom is -0.370 e. The van der Waals surface area contributed by atoms with Crippen LogP contribution >= 0.6 is 0 Å². The first-order valence-corrected chi connectivity index (χ1v) is 8.40. The Kier molecular flexibility index (Phi) is 5.53. The van der Waals surface area contributed by atoms with Crippen LogP contribution in [0.15, 0.2) is 24.7 Å². The van der Waals surface area contributed by atoms with Crippen LogP contribution in [-0.2, 0) is 22.6 Å². The number of hydrogen-bond donors (Lipinski definition) is 1. The van der Waals surface area contributed by atoms with E-state index in [2.05, 4.69) is 20.4 Å². The van der Waals surface area contributed by atoms with E-state index in [9.17, 15) is 4.79 Å². The van der Waals surface area contributed by atoms with Crippen LogP contribution in [-0.4, -0.2) is 32.3 Å². The van der Waals surface area contributed by atoms with E-state index < -0.39 is 0 Å². The minimum absolute atomic E-state index is 0.0113. The fraction of sp³-hybridized carbons (Fsp3) is 0.529. The van der Waals surface area contributed by atoms with E-state index >= 15 is 0 Å². The van der Waals surface area contributed by atoms with Gasteiger partial charge in [0.05, 0.1) is 5.69 Å². The van der Waals surface area contributed by atoms with Crippen molar-refractivity contribution < 1.29 is 9.53 Å². The van der Waals surface area contributed by atoms with Gasteiger partial charge in [-0.15, -0.1) is 0 Å². The first-order valence-electron chi connectivity index (χ1n) is 8.40. The molecule has 128 valence electrons. The van der Waals surface area contributed by atoms with Crippen molar-refractivity contribution in [3.8, 4) is 0 Å². The third kappa shape index (κ3) is 4.61. The third-order valence-electron chi connectivity index (χ3n) is 4.02. The Morgan fingerprint density at radius 3 is 2.88 bits per heavy atom. The lowest BCUT2D eigenvalue weighted by Gasteiger charge is -2.21. The number of nitrogens with zero attached hydrogens (tertiary/aromatic N) is 4. The van der Waals surface area contributed by atoms with Crippen LogP contribution in [0.5, 0.6) is 0 Å². The van der Waals surface area contributed by atoms with E-state index in [1.54, 1.807) is 17.1 Å². The first kappa shape index (κ1) is 16.6. The van der Waals surface area contributed by atoms with E-state index in [-0.39, 0.29) is 12.0 Å². The number of rotatable bonds is 6. The Hall–Kier alpha value is -2.28. The normalized spacial score (nSPS) is 17.6. The molecular weight excluding hydrogens is 306 g/mol. The van der Waals surface area contributed by atoms with Gasteiger partial charge in [0.1, 0.15) is 6.10 Å². The van der Waals surface area contributed by atoms with Crippen LogP contribution in [0, 0.1) is 6.92 Å². The van der Waals surface area contributed by atoms with Crippen LogP contribution in [0.2, 0.25) is 0 Å². The second-order valence-corrected chi connectivity index (χ2v) is 6.05. The van der Waals surface area contributed by atoms with E-state index in [1.165, 1.54) is 0 Å². The quantitative estimate of drug-likeness (QED) is 0.876. The van der Waals surface area contributed by atoms with Gasteiger partial charge in [0.15, 0.2) is 5.82 Å². The molecule has 3 heterocycles. The summed E-state index contributed by atoms with van der Waals surface area (Å²) in [5, 5.41) is 7.14. The maximum absolute atomic E-state index is 11.9. The number of carbonyl (C=O) groups excluding carboxylic acids is 1. The van der Waals surface area contributed by atoms with Gasteiger partial charge in [-0.25, -0.2) is 9.97 Å². The van der Waals surface area contributed by atoms with Gasteiger partial charge in [0.25, 0.3) is 0 Å². The van der Waals surface area contributed by atoms with Crippen LogP contribution in [0.1, 0.15) is 48.9 Å². The van der Waals surface area contributed by atoms with E-state index in [0.717, 1.165) is 43.0 Å². The summed E-state index contributed by atoms with van der Waals surface area (Å²) >= 11 is 0. The molecule has 3 rings (SSSR count). The number of nitrogens with one attached hydrogen (secondary N) is 1. The summed E-state index contributed by atoms with van der Waals surface area (Å²) < 4.78 is 7.45. The Morgan fingerprint density at radius 2 is 2.21 bits per heavy atom. The standard InChI is InChI=1S/C17H23N5O2/c1-13-5-7-22(21-13)8-6-16(23)18-10-14-11-19-17(20-12-14)15-4-2-3-9-24-15/h5,7,11-12,15H,2-4,6,8-10H2,1H3,(H,18,23)/t15-/m1/s1. The zero-order valence-corrected chi connectivity index (χ0v) is 13.9. The van der Waals surface area contributed by atoms with Crippen molar-refractivity contribution in [1.29, 1.82) is 0 Å². The summed E-state index contributed by atoms with van der Waals surface area (Å²) in [6.07, 6.45) is 9.05. The summed E-state index contributed by atoms with van der Waals surface area (Å²) in [4.78, 5) is 20.6. The summed E-state index contributed by atoms with van der Waals surface area (Å²) in [7, 11) is 0. The van der Waals surface area contributed by atoms with Crippen molar-refractivity contribution in [3.63, 3.8) is 0 Å². The summed E-state index contributed by atoms with van der Waals surface area (Å²) in [5.41, 5.74) is 1.84. The van der Waals surface area contributed by atoms with E-state index in [4.69, 9.17) is 4.74 Å². The summed E-state index contributed by atoms with van der Waals surface area (Å²) in [6.45, 7) is 3.72. The zero-order valence-electron chi connectivity index (χ0n) is 13.9. The molecule has 7 heteroatoms. The van der Waals surface area contributed by atoms with Crippen LogP contribution < -0.4 is 5.32 Å². The molecule has 1 aliphatic rings. The molecule has 2 aromatic heterocycles. The number of aryl methyl sites for hydroxylation is 2. The molecular formula is C17H23N5O2. The van der Waals surface area contributed by atoms with Gasteiger partial charge in [0, 0.05) is 50.3 Å². The molecule has 1 fully saturated rings. The van der Waals surface area contributed by atoms with E-state index in [1.807, 2.05) is 19.2 Å². The fourth-order valence-corrected chi connectivity index (χ4v) is 2.66. The second kappa shape index (κ2) is 8.01. The van der Waals surface area contributed by atoms with Gasteiger partial charge in [0.2, 0.25) is 5.91 Å². The Balaban J connectivity index is 1.43. The predicted molar refractivity (Wildman–Crippen MR) is 88.0 cm³/mol. The number of carbonyl (C=O) groups is 1. The Bertz CT molecular complexity index is 662. The molecule has 0 unspecified atom stereocenters. The SMILES string of the molecule is Cc1ccn(CCC(=O)NCc2cnc([C@H]3CCCCO3)nc2)n1. The van der Waals surface area contributed by atoms with Crippen molar-refractivity contribution in [2.45, 2.75) is 51.8 Å². The zero-order chi connectivity index (χ0) is 16.8. The molecule has 0 spiro atoms. The van der Waals surface area contributed by atoms with Crippen LogP contribution in [0.25, 0.3) is 0 Å². The minimum atomic E-state index is -0.0113. The molecule has 2 aromatic rings. The molecule has 1 N–H and O–H groups in total. The second-order valence-electron chi connectivity index (χ2n) is 6.05. The predicted octanol–water partition coefficient (Wildman–Crippen LogP) is 1.93. The highest BCUT2D eigenvalue weighted by molar-refractivity contribution is 5.75. The fourth-order valence-electron chi connectivity index (χ4n) is 2.66. The molecule has 7 nitrogen and oxygen atoms in total. The van der Waals surface area contributed by atoms with E-state index in [0.29, 0.717) is 19.5 Å². The van der Waals surface area contributed by atoms with Crippen LogP contribution in [0.4, 0.5) is 0 Å². The molecule has 1 saturated heterocycles. The molecule has 0 aliphatic carbocycles. The largest absolute Gasteiger partial charge is 0.370 e. The maximum atomic E-state index is 11.9.